The number of nitrogens with one attached hydrogen (secondary N) is 1. The van der Waals surface area contributed by atoms with Crippen LogP contribution >= 0.6 is 0 Å². The average Bonchev–Trinajstić information content (AvgIpc) is 3.17. The molecule has 1 N–H and O–H groups in total. The monoisotopic (exact) mass is 368 g/mol. The van der Waals surface area contributed by atoms with E-state index < -0.39 is 0 Å². The number of pyridine rings is 1. The maximum Gasteiger partial charge on any atom is 0.321 e. The van der Waals surface area contributed by atoms with Gasteiger partial charge in [-0.15, -0.1) is 0 Å². The van der Waals surface area contributed by atoms with E-state index in [-0.39, 0.29) is 18.5 Å². The molecule has 0 bridgehead atoms. The summed E-state index contributed by atoms with van der Waals surface area (Å²) in [6, 6.07) is 7.86. The van der Waals surface area contributed by atoms with Gasteiger partial charge in [-0.05, 0) is 18.2 Å². The molecule has 0 spiro atoms. The minimum atomic E-state index is -0.189. The van der Waals surface area contributed by atoms with E-state index in [1.54, 1.807) is 6.20 Å². The van der Waals surface area contributed by atoms with Crippen LogP contribution in [0.25, 0.3) is 5.52 Å². The van der Waals surface area contributed by atoms with Crippen molar-refractivity contribution in [2.75, 3.05) is 38.3 Å². The van der Waals surface area contributed by atoms with E-state index in [0.29, 0.717) is 43.6 Å². The van der Waals surface area contributed by atoms with Crippen LogP contribution in [0.2, 0.25) is 0 Å². The molecule has 0 unspecified atom stereocenters. The Balaban J connectivity index is 1.48. The van der Waals surface area contributed by atoms with Crippen molar-refractivity contribution < 1.29 is 14.3 Å². The maximum absolute atomic E-state index is 12.5. The average molecular weight is 368 g/mol. The van der Waals surface area contributed by atoms with Crippen LogP contribution in [-0.2, 0) is 11.3 Å². The standard InChI is InChI=1S/C18H20N6O3/c1-26-18-21-15(20-17(22-18)23-6-8-27-9-7-23)11-19-16(25)13-10-14-4-2-3-5-24(14)12-13/h2-5,10,12H,6-9,11H2,1H3,(H,19,25). The zero-order valence-electron chi connectivity index (χ0n) is 15.0. The summed E-state index contributed by atoms with van der Waals surface area (Å²) in [7, 11) is 1.51. The fraction of sp³-hybridized carbons (Fsp3) is 0.333. The van der Waals surface area contributed by atoms with Gasteiger partial charge in [-0.3, -0.25) is 4.79 Å². The van der Waals surface area contributed by atoms with Crippen molar-refractivity contribution in [1.82, 2.24) is 24.7 Å². The molecule has 4 rings (SSSR count). The Bertz CT molecular complexity index is 918. The van der Waals surface area contributed by atoms with E-state index in [1.165, 1.54) is 7.11 Å². The lowest BCUT2D eigenvalue weighted by Crippen LogP contribution is -2.37. The van der Waals surface area contributed by atoms with Gasteiger partial charge >= 0.3 is 6.01 Å². The SMILES string of the molecule is COc1nc(CNC(=O)c2cc3ccccn3c2)nc(N2CCOCC2)n1. The first kappa shape index (κ1) is 17.2. The molecule has 9 nitrogen and oxygen atoms in total. The Labute approximate surface area is 156 Å². The Kier molecular flexibility index (Phi) is 4.84. The van der Waals surface area contributed by atoms with Gasteiger partial charge in [-0.25, -0.2) is 0 Å². The number of amides is 1. The lowest BCUT2D eigenvalue weighted by Gasteiger charge is -2.26. The molecule has 0 aromatic carbocycles. The third-order valence-corrected chi connectivity index (χ3v) is 4.30. The molecule has 1 aliphatic heterocycles. The summed E-state index contributed by atoms with van der Waals surface area (Å²) in [6.07, 6.45) is 3.69. The number of ether oxygens (including phenoxy) is 2. The highest BCUT2D eigenvalue weighted by Gasteiger charge is 2.17. The van der Waals surface area contributed by atoms with E-state index in [9.17, 15) is 4.79 Å². The van der Waals surface area contributed by atoms with Crippen LogP contribution < -0.4 is 15.0 Å². The number of nitrogens with zero attached hydrogens (tertiary/aromatic N) is 5. The number of carbonyl (C=O) groups is 1. The second-order valence-corrected chi connectivity index (χ2v) is 6.08. The fourth-order valence-corrected chi connectivity index (χ4v) is 2.90. The van der Waals surface area contributed by atoms with Crippen LogP contribution in [0.15, 0.2) is 36.7 Å². The highest BCUT2D eigenvalue weighted by molar-refractivity contribution is 5.95. The third-order valence-electron chi connectivity index (χ3n) is 4.30. The zero-order valence-corrected chi connectivity index (χ0v) is 15.0. The van der Waals surface area contributed by atoms with Crippen LogP contribution in [-0.4, -0.2) is 58.7 Å². The first-order valence-corrected chi connectivity index (χ1v) is 8.69. The Morgan fingerprint density at radius 1 is 1.26 bits per heavy atom. The van der Waals surface area contributed by atoms with Crippen LogP contribution in [0.3, 0.4) is 0 Å². The summed E-state index contributed by atoms with van der Waals surface area (Å²) >= 11 is 0. The molecule has 9 heteroatoms. The Hall–Kier alpha value is -3.20. The molecule has 140 valence electrons. The molecule has 3 aromatic heterocycles. The fourth-order valence-electron chi connectivity index (χ4n) is 2.90. The number of hydrogen-bond donors (Lipinski definition) is 1. The molecule has 4 heterocycles. The van der Waals surface area contributed by atoms with E-state index >= 15 is 0 Å². The largest absolute Gasteiger partial charge is 0.467 e. The molecule has 0 saturated carbocycles. The van der Waals surface area contributed by atoms with Crippen LogP contribution in [0.5, 0.6) is 6.01 Å². The second-order valence-electron chi connectivity index (χ2n) is 6.08. The Morgan fingerprint density at radius 3 is 2.89 bits per heavy atom. The summed E-state index contributed by atoms with van der Waals surface area (Å²) in [4.78, 5) is 27.5. The number of rotatable bonds is 5. The molecule has 3 aromatic rings. The van der Waals surface area contributed by atoms with Crippen molar-refractivity contribution in [2.45, 2.75) is 6.54 Å². The first-order valence-electron chi connectivity index (χ1n) is 8.69. The summed E-state index contributed by atoms with van der Waals surface area (Å²) in [5.41, 5.74) is 1.54. The zero-order chi connectivity index (χ0) is 18.6. The molecule has 1 fully saturated rings. The topological polar surface area (TPSA) is 93.9 Å². The number of methoxy groups -OCH3 is 1. The molecular weight excluding hydrogens is 348 g/mol. The summed E-state index contributed by atoms with van der Waals surface area (Å²) in [5, 5.41) is 2.85. The molecular formula is C18H20N6O3. The lowest BCUT2D eigenvalue weighted by atomic mass is 10.3. The normalized spacial score (nSPS) is 14.3. The van der Waals surface area contributed by atoms with Crippen molar-refractivity contribution in [3.8, 4) is 6.01 Å². The van der Waals surface area contributed by atoms with Gasteiger partial charge in [0.1, 0.15) is 0 Å². The number of fused-ring (bicyclic) bond motifs is 1. The van der Waals surface area contributed by atoms with Crippen molar-refractivity contribution in [2.24, 2.45) is 0 Å². The minimum absolute atomic E-state index is 0.182. The van der Waals surface area contributed by atoms with Crippen molar-refractivity contribution >= 4 is 17.4 Å². The van der Waals surface area contributed by atoms with Crippen molar-refractivity contribution in [1.29, 1.82) is 0 Å². The smallest absolute Gasteiger partial charge is 0.321 e. The van der Waals surface area contributed by atoms with Crippen molar-refractivity contribution in [3.05, 3.63) is 48.0 Å². The van der Waals surface area contributed by atoms with Gasteiger partial charge in [0.25, 0.3) is 5.91 Å². The molecule has 0 radical (unpaired) electrons. The molecule has 1 amide bonds. The highest BCUT2D eigenvalue weighted by atomic mass is 16.5. The van der Waals surface area contributed by atoms with Crippen LogP contribution in [0.4, 0.5) is 5.95 Å². The molecule has 0 atom stereocenters. The van der Waals surface area contributed by atoms with E-state index in [2.05, 4.69) is 20.3 Å². The quantitative estimate of drug-likeness (QED) is 0.715. The van der Waals surface area contributed by atoms with Gasteiger partial charge in [0.2, 0.25) is 5.95 Å². The Morgan fingerprint density at radius 2 is 2.11 bits per heavy atom. The van der Waals surface area contributed by atoms with Gasteiger partial charge in [-0.1, -0.05) is 6.07 Å². The van der Waals surface area contributed by atoms with Gasteiger partial charge in [0, 0.05) is 31.0 Å². The summed E-state index contributed by atoms with van der Waals surface area (Å²) < 4.78 is 12.4. The van der Waals surface area contributed by atoms with Gasteiger partial charge in [-0.2, -0.15) is 15.0 Å². The number of aromatic nitrogens is 4. The second kappa shape index (κ2) is 7.58. The van der Waals surface area contributed by atoms with Gasteiger partial charge in [0.05, 0.1) is 32.4 Å². The van der Waals surface area contributed by atoms with E-state index in [4.69, 9.17) is 9.47 Å². The maximum atomic E-state index is 12.5. The molecule has 1 aliphatic rings. The van der Waals surface area contributed by atoms with Crippen LogP contribution in [0, 0.1) is 0 Å². The number of hydrogen-bond acceptors (Lipinski definition) is 7. The van der Waals surface area contributed by atoms with Crippen LogP contribution in [0.1, 0.15) is 16.2 Å². The van der Waals surface area contributed by atoms with Gasteiger partial charge in [0.15, 0.2) is 5.82 Å². The minimum Gasteiger partial charge on any atom is -0.467 e. The molecule has 0 aliphatic carbocycles. The number of anilines is 1. The predicted octanol–water partition coefficient (Wildman–Crippen LogP) is 0.899. The third kappa shape index (κ3) is 3.82. The number of morpholine rings is 1. The molecule has 1 saturated heterocycles. The van der Waals surface area contributed by atoms with Crippen molar-refractivity contribution in [3.63, 3.8) is 0 Å². The molecule has 27 heavy (non-hydrogen) atoms. The highest BCUT2D eigenvalue weighted by Crippen LogP contribution is 2.14. The lowest BCUT2D eigenvalue weighted by molar-refractivity contribution is 0.0950. The van der Waals surface area contributed by atoms with E-state index in [0.717, 1.165) is 5.52 Å². The first-order chi connectivity index (χ1) is 13.2. The predicted molar refractivity (Wildman–Crippen MR) is 98.0 cm³/mol. The number of carbonyl (C=O) groups excluding carboxylic acids is 1. The van der Waals surface area contributed by atoms with E-state index in [1.807, 2.05) is 39.8 Å². The summed E-state index contributed by atoms with van der Waals surface area (Å²) in [6.45, 7) is 2.85. The summed E-state index contributed by atoms with van der Waals surface area (Å²) in [5.74, 6) is 0.787. The van der Waals surface area contributed by atoms with Gasteiger partial charge < -0.3 is 24.1 Å².